The number of anilines is 2. The summed E-state index contributed by atoms with van der Waals surface area (Å²) in [6.07, 6.45) is 0.541. The number of carbonyl (C=O) groups excluding carboxylic acids is 1. The monoisotopic (exact) mass is 390 g/mol. The first-order chi connectivity index (χ1) is 12.8. The second-order valence-corrected chi connectivity index (χ2v) is 8.30. The number of para-hydroxylation sites is 2. The van der Waals surface area contributed by atoms with Crippen molar-refractivity contribution in [3.8, 4) is 11.5 Å². The third kappa shape index (κ3) is 4.16. The van der Waals surface area contributed by atoms with E-state index in [0.717, 1.165) is 11.8 Å². The third-order valence-corrected chi connectivity index (χ3v) is 5.48. The molecule has 2 aromatic rings. The second kappa shape index (κ2) is 7.48. The lowest BCUT2D eigenvalue weighted by molar-refractivity contribution is -0.122. The lowest BCUT2D eigenvalue weighted by atomic mass is 10.2. The number of hydrogen-bond acceptors (Lipinski definition) is 5. The predicted octanol–water partition coefficient (Wildman–Crippen LogP) is 2.56. The van der Waals surface area contributed by atoms with Gasteiger partial charge in [-0.2, -0.15) is 0 Å². The number of nitrogens with one attached hydrogen (secondary N) is 1. The molecule has 8 heteroatoms. The maximum atomic E-state index is 12.8. The molecule has 0 saturated carbocycles. The van der Waals surface area contributed by atoms with E-state index in [1.807, 2.05) is 13.0 Å². The Bertz CT molecular complexity index is 958. The Morgan fingerprint density at radius 3 is 2.70 bits per heavy atom. The lowest BCUT2D eigenvalue weighted by Gasteiger charge is -2.21. The molecule has 0 bridgehead atoms. The first kappa shape index (κ1) is 19.0. The van der Waals surface area contributed by atoms with Gasteiger partial charge in [-0.15, -0.1) is 0 Å². The molecule has 144 valence electrons. The van der Waals surface area contributed by atoms with E-state index < -0.39 is 16.1 Å². The summed E-state index contributed by atoms with van der Waals surface area (Å²) in [5, 5.41) is 2.80. The standard InChI is InChI=1S/C19H22N2O5S/c1-13-8-9-17-15(12-13)21(27(3,23)24)11-10-18(26-17)19(22)20-14-6-4-5-7-16(14)25-2/h4-9,12,18H,10-11H2,1-3H3,(H,20,22). The Balaban J connectivity index is 1.89. The fraction of sp³-hybridized carbons (Fsp3) is 0.316. The summed E-state index contributed by atoms with van der Waals surface area (Å²) < 4.78 is 36.9. The van der Waals surface area contributed by atoms with Gasteiger partial charge in [0.1, 0.15) is 11.5 Å². The number of fused-ring (bicyclic) bond motifs is 1. The van der Waals surface area contributed by atoms with Crippen molar-refractivity contribution in [2.45, 2.75) is 19.4 Å². The fourth-order valence-corrected chi connectivity index (χ4v) is 3.92. The Labute approximate surface area is 158 Å². The van der Waals surface area contributed by atoms with E-state index in [4.69, 9.17) is 9.47 Å². The van der Waals surface area contributed by atoms with E-state index in [-0.39, 0.29) is 18.9 Å². The topological polar surface area (TPSA) is 84.9 Å². The van der Waals surface area contributed by atoms with Crippen LogP contribution in [0.3, 0.4) is 0 Å². The molecule has 0 radical (unpaired) electrons. The van der Waals surface area contributed by atoms with Crippen molar-refractivity contribution in [3.63, 3.8) is 0 Å². The molecule has 1 unspecified atom stereocenters. The molecule has 3 rings (SSSR count). The molecule has 2 aromatic carbocycles. The highest BCUT2D eigenvalue weighted by atomic mass is 32.2. The van der Waals surface area contributed by atoms with E-state index in [9.17, 15) is 13.2 Å². The van der Waals surface area contributed by atoms with Crippen LogP contribution in [0.25, 0.3) is 0 Å². The van der Waals surface area contributed by atoms with Gasteiger partial charge in [0.2, 0.25) is 10.0 Å². The molecule has 0 aromatic heterocycles. The number of hydrogen-bond donors (Lipinski definition) is 1. The number of benzene rings is 2. The van der Waals surface area contributed by atoms with Crippen molar-refractivity contribution in [1.82, 2.24) is 0 Å². The largest absolute Gasteiger partial charge is 0.495 e. The third-order valence-electron chi connectivity index (χ3n) is 4.30. The van der Waals surface area contributed by atoms with Crippen LogP contribution < -0.4 is 19.1 Å². The molecule has 1 aliphatic heterocycles. The SMILES string of the molecule is COc1ccccc1NC(=O)C1CCN(S(C)(=O)=O)c2cc(C)ccc2O1. The number of ether oxygens (including phenoxy) is 2. The molecule has 0 fully saturated rings. The smallest absolute Gasteiger partial charge is 0.265 e. The van der Waals surface area contributed by atoms with Gasteiger partial charge in [-0.1, -0.05) is 18.2 Å². The zero-order valence-electron chi connectivity index (χ0n) is 15.4. The maximum Gasteiger partial charge on any atom is 0.265 e. The number of sulfonamides is 1. The van der Waals surface area contributed by atoms with Crippen LogP contribution in [-0.4, -0.2) is 40.3 Å². The van der Waals surface area contributed by atoms with Crippen LogP contribution in [0.4, 0.5) is 11.4 Å². The average Bonchev–Trinajstić information content (AvgIpc) is 2.81. The molecular weight excluding hydrogens is 368 g/mol. The van der Waals surface area contributed by atoms with Gasteiger partial charge in [0.05, 0.1) is 24.7 Å². The molecule has 1 amide bonds. The van der Waals surface area contributed by atoms with Crippen LogP contribution in [0, 0.1) is 6.92 Å². The quantitative estimate of drug-likeness (QED) is 0.867. The van der Waals surface area contributed by atoms with Gasteiger partial charge in [0.25, 0.3) is 5.91 Å². The molecule has 1 aliphatic rings. The molecule has 1 N–H and O–H groups in total. The Kier molecular flexibility index (Phi) is 5.27. The van der Waals surface area contributed by atoms with E-state index in [1.165, 1.54) is 11.4 Å². The predicted molar refractivity (Wildman–Crippen MR) is 104 cm³/mol. The average molecular weight is 390 g/mol. The van der Waals surface area contributed by atoms with Crippen LogP contribution in [0.2, 0.25) is 0 Å². The van der Waals surface area contributed by atoms with Gasteiger partial charge < -0.3 is 14.8 Å². The summed E-state index contributed by atoms with van der Waals surface area (Å²) in [6.45, 7) is 2.02. The zero-order chi connectivity index (χ0) is 19.6. The number of rotatable bonds is 4. The molecule has 0 saturated heterocycles. The summed E-state index contributed by atoms with van der Waals surface area (Å²) in [6, 6.07) is 12.3. The molecule has 0 spiro atoms. The minimum absolute atomic E-state index is 0.152. The fourth-order valence-electron chi connectivity index (χ4n) is 2.98. The zero-order valence-corrected chi connectivity index (χ0v) is 16.2. The van der Waals surface area contributed by atoms with Crippen molar-refractivity contribution in [1.29, 1.82) is 0 Å². The van der Waals surface area contributed by atoms with E-state index in [1.54, 1.807) is 36.4 Å². The highest BCUT2D eigenvalue weighted by Crippen LogP contribution is 2.35. The normalized spacial score (nSPS) is 16.7. The van der Waals surface area contributed by atoms with Crippen LogP contribution in [-0.2, 0) is 14.8 Å². The first-order valence-electron chi connectivity index (χ1n) is 8.48. The van der Waals surface area contributed by atoms with Gasteiger partial charge in [0.15, 0.2) is 6.10 Å². The van der Waals surface area contributed by atoms with Crippen molar-refractivity contribution in [2.75, 3.05) is 29.5 Å². The van der Waals surface area contributed by atoms with Crippen LogP contribution in [0.5, 0.6) is 11.5 Å². The van der Waals surface area contributed by atoms with Gasteiger partial charge in [-0.25, -0.2) is 8.42 Å². The first-order valence-corrected chi connectivity index (χ1v) is 10.3. The van der Waals surface area contributed by atoms with Crippen molar-refractivity contribution < 1.29 is 22.7 Å². The Morgan fingerprint density at radius 1 is 1.26 bits per heavy atom. The summed E-state index contributed by atoms with van der Waals surface area (Å²) in [7, 11) is -1.97. The molecule has 1 atom stereocenters. The molecular formula is C19H22N2O5S. The van der Waals surface area contributed by atoms with E-state index in [0.29, 0.717) is 22.9 Å². The van der Waals surface area contributed by atoms with Crippen LogP contribution in [0.1, 0.15) is 12.0 Å². The van der Waals surface area contributed by atoms with Crippen LogP contribution in [0.15, 0.2) is 42.5 Å². The highest BCUT2D eigenvalue weighted by molar-refractivity contribution is 7.92. The number of methoxy groups -OCH3 is 1. The lowest BCUT2D eigenvalue weighted by Crippen LogP contribution is -2.36. The van der Waals surface area contributed by atoms with Crippen molar-refractivity contribution in [2.24, 2.45) is 0 Å². The minimum atomic E-state index is -3.50. The van der Waals surface area contributed by atoms with Gasteiger partial charge in [0, 0.05) is 13.0 Å². The number of nitrogens with zero attached hydrogens (tertiary/aromatic N) is 1. The van der Waals surface area contributed by atoms with Crippen molar-refractivity contribution >= 4 is 27.3 Å². The summed E-state index contributed by atoms with van der Waals surface area (Å²) in [4.78, 5) is 12.8. The van der Waals surface area contributed by atoms with Crippen LogP contribution >= 0.6 is 0 Å². The maximum absolute atomic E-state index is 12.8. The van der Waals surface area contributed by atoms with Gasteiger partial charge >= 0.3 is 0 Å². The summed E-state index contributed by atoms with van der Waals surface area (Å²) in [5.74, 6) is 0.540. The Morgan fingerprint density at radius 2 is 2.00 bits per heavy atom. The van der Waals surface area contributed by atoms with Gasteiger partial charge in [-0.3, -0.25) is 9.10 Å². The molecule has 27 heavy (non-hydrogen) atoms. The number of aryl methyl sites for hydroxylation is 1. The van der Waals surface area contributed by atoms with E-state index in [2.05, 4.69) is 5.32 Å². The van der Waals surface area contributed by atoms with Crippen molar-refractivity contribution in [3.05, 3.63) is 48.0 Å². The minimum Gasteiger partial charge on any atom is -0.495 e. The van der Waals surface area contributed by atoms with E-state index >= 15 is 0 Å². The highest BCUT2D eigenvalue weighted by Gasteiger charge is 2.31. The molecule has 0 aliphatic carbocycles. The Hall–Kier alpha value is -2.74. The number of carbonyl (C=O) groups is 1. The summed E-state index contributed by atoms with van der Waals surface area (Å²) in [5.41, 5.74) is 1.88. The summed E-state index contributed by atoms with van der Waals surface area (Å²) >= 11 is 0. The van der Waals surface area contributed by atoms with Gasteiger partial charge in [-0.05, 0) is 36.8 Å². The number of amides is 1. The molecule has 1 heterocycles. The molecule has 7 nitrogen and oxygen atoms in total. The second-order valence-electron chi connectivity index (χ2n) is 6.39.